The second-order valence-electron chi connectivity index (χ2n) is 5.16. The SMILES string of the molecule is CC(C)Nc1cc(-c2ccc(OC(C)C)cc2)[nH]n1. The van der Waals surface area contributed by atoms with Crippen molar-refractivity contribution in [3.63, 3.8) is 0 Å². The Kier molecular flexibility index (Phi) is 4.10. The van der Waals surface area contributed by atoms with Gasteiger partial charge in [-0.3, -0.25) is 5.10 Å². The zero-order valence-corrected chi connectivity index (χ0v) is 11.9. The molecule has 1 heterocycles. The molecule has 1 aromatic heterocycles. The van der Waals surface area contributed by atoms with Crippen molar-refractivity contribution in [1.82, 2.24) is 10.2 Å². The van der Waals surface area contributed by atoms with Crippen molar-refractivity contribution in [3.8, 4) is 17.0 Å². The van der Waals surface area contributed by atoms with Crippen molar-refractivity contribution in [2.24, 2.45) is 0 Å². The van der Waals surface area contributed by atoms with E-state index in [9.17, 15) is 0 Å². The van der Waals surface area contributed by atoms with Crippen molar-refractivity contribution in [2.45, 2.75) is 39.8 Å². The average Bonchev–Trinajstić information content (AvgIpc) is 2.76. The molecule has 2 aromatic rings. The van der Waals surface area contributed by atoms with Gasteiger partial charge in [0.25, 0.3) is 0 Å². The molecule has 0 saturated heterocycles. The molecule has 2 rings (SSSR count). The van der Waals surface area contributed by atoms with Gasteiger partial charge in [-0.15, -0.1) is 0 Å². The Labute approximate surface area is 114 Å². The summed E-state index contributed by atoms with van der Waals surface area (Å²) in [7, 11) is 0. The third-order valence-corrected chi connectivity index (χ3v) is 2.55. The van der Waals surface area contributed by atoms with Crippen LogP contribution in [0.15, 0.2) is 30.3 Å². The molecule has 0 bridgehead atoms. The van der Waals surface area contributed by atoms with E-state index in [2.05, 4.69) is 29.4 Å². The molecule has 0 aliphatic heterocycles. The van der Waals surface area contributed by atoms with Crippen LogP contribution in [0.2, 0.25) is 0 Å². The topological polar surface area (TPSA) is 49.9 Å². The highest BCUT2D eigenvalue weighted by atomic mass is 16.5. The highest BCUT2D eigenvalue weighted by molar-refractivity contribution is 5.63. The predicted octanol–water partition coefficient (Wildman–Crippen LogP) is 3.68. The van der Waals surface area contributed by atoms with Gasteiger partial charge >= 0.3 is 0 Å². The normalized spacial score (nSPS) is 11.1. The summed E-state index contributed by atoms with van der Waals surface area (Å²) in [6, 6.07) is 10.4. The number of nitrogens with one attached hydrogen (secondary N) is 2. The van der Waals surface area contributed by atoms with E-state index >= 15 is 0 Å². The number of nitrogens with zero attached hydrogens (tertiary/aromatic N) is 1. The summed E-state index contributed by atoms with van der Waals surface area (Å²) in [6.45, 7) is 8.22. The van der Waals surface area contributed by atoms with Crippen LogP contribution in [0, 0.1) is 0 Å². The van der Waals surface area contributed by atoms with Gasteiger partial charge in [0.1, 0.15) is 11.6 Å². The second-order valence-corrected chi connectivity index (χ2v) is 5.16. The van der Waals surface area contributed by atoms with Crippen LogP contribution in [0.5, 0.6) is 5.75 Å². The Balaban J connectivity index is 2.11. The van der Waals surface area contributed by atoms with Crippen LogP contribution in [-0.2, 0) is 0 Å². The molecule has 0 saturated carbocycles. The summed E-state index contributed by atoms with van der Waals surface area (Å²) in [5.74, 6) is 1.76. The fourth-order valence-corrected chi connectivity index (χ4v) is 1.82. The third kappa shape index (κ3) is 3.74. The summed E-state index contributed by atoms with van der Waals surface area (Å²) < 4.78 is 5.62. The van der Waals surface area contributed by atoms with Gasteiger partial charge in [0.15, 0.2) is 0 Å². The first-order valence-corrected chi connectivity index (χ1v) is 6.63. The highest BCUT2D eigenvalue weighted by Crippen LogP contribution is 2.23. The van der Waals surface area contributed by atoms with E-state index in [0.717, 1.165) is 22.8 Å². The Morgan fingerprint density at radius 3 is 2.37 bits per heavy atom. The number of ether oxygens (including phenoxy) is 1. The quantitative estimate of drug-likeness (QED) is 0.861. The van der Waals surface area contributed by atoms with Gasteiger partial charge < -0.3 is 10.1 Å². The zero-order valence-electron chi connectivity index (χ0n) is 11.9. The fraction of sp³-hybridized carbons (Fsp3) is 0.400. The molecule has 0 atom stereocenters. The molecular formula is C15H21N3O. The zero-order chi connectivity index (χ0) is 13.8. The van der Waals surface area contributed by atoms with E-state index in [4.69, 9.17) is 4.74 Å². The molecule has 0 spiro atoms. The van der Waals surface area contributed by atoms with Gasteiger partial charge in [-0.1, -0.05) is 0 Å². The molecule has 2 N–H and O–H groups in total. The van der Waals surface area contributed by atoms with E-state index in [-0.39, 0.29) is 6.10 Å². The second kappa shape index (κ2) is 5.78. The maximum absolute atomic E-state index is 5.62. The first-order valence-electron chi connectivity index (χ1n) is 6.63. The minimum Gasteiger partial charge on any atom is -0.491 e. The van der Waals surface area contributed by atoms with Crippen LogP contribution in [-0.4, -0.2) is 22.3 Å². The molecule has 0 aliphatic carbocycles. The maximum atomic E-state index is 5.62. The van der Waals surface area contributed by atoms with E-state index in [1.54, 1.807) is 0 Å². The summed E-state index contributed by atoms with van der Waals surface area (Å²) in [6.07, 6.45) is 0.194. The number of hydrogen-bond donors (Lipinski definition) is 2. The molecule has 102 valence electrons. The molecule has 0 radical (unpaired) electrons. The van der Waals surface area contributed by atoms with Gasteiger partial charge in [-0.05, 0) is 57.5 Å². The summed E-state index contributed by atoms with van der Waals surface area (Å²) >= 11 is 0. The average molecular weight is 259 g/mol. The number of aromatic nitrogens is 2. The lowest BCUT2D eigenvalue weighted by atomic mass is 10.1. The van der Waals surface area contributed by atoms with Gasteiger partial charge in [-0.2, -0.15) is 5.10 Å². The summed E-state index contributed by atoms with van der Waals surface area (Å²) in [5.41, 5.74) is 2.10. The fourth-order valence-electron chi connectivity index (χ4n) is 1.82. The molecule has 4 heteroatoms. The van der Waals surface area contributed by atoms with Crippen molar-refractivity contribution < 1.29 is 4.74 Å². The van der Waals surface area contributed by atoms with Crippen LogP contribution in [0.1, 0.15) is 27.7 Å². The molecule has 0 fully saturated rings. The lowest BCUT2D eigenvalue weighted by Gasteiger charge is -2.09. The van der Waals surface area contributed by atoms with Crippen LogP contribution < -0.4 is 10.1 Å². The van der Waals surface area contributed by atoms with Gasteiger partial charge in [0, 0.05) is 12.1 Å². The maximum Gasteiger partial charge on any atom is 0.148 e. The van der Waals surface area contributed by atoms with E-state index in [1.165, 1.54) is 0 Å². The summed E-state index contributed by atoms with van der Waals surface area (Å²) in [5, 5.41) is 10.5. The number of rotatable bonds is 5. The standard InChI is InChI=1S/C15H21N3O/c1-10(2)16-15-9-14(17-18-15)12-5-7-13(8-6-12)19-11(3)4/h5-11H,1-4H3,(H2,16,17,18). The minimum atomic E-state index is 0.194. The van der Waals surface area contributed by atoms with Crippen LogP contribution >= 0.6 is 0 Å². The molecule has 4 nitrogen and oxygen atoms in total. The highest BCUT2D eigenvalue weighted by Gasteiger charge is 2.05. The molecule has 0 unspecified atom stereocenters. The number of aromatic amines is 1. The monoisotopic (exact) mass is 259 g/mol. The Hall–Kier alpha value is -1.97. The number of H-pyrrole nitrogens is 1. The van der Waals surface area contributed by atoms with Crippen LogP contribution in [0.3, 0.4) is 0 Å². The lowest BCUT2D eigenvalue weighted by molar-refractivity contribution is 0.242. The smallest absolute Gasteiger partial charge is 0.148 e. The molecular weight excluding hydrogens is 238 g/mol. The third-order valence-electron chi connectivity index (χ3n) is 2.55. The van der Waals surface area contributed by atoms with E-state index < -0.39 is 0 Å². The van der Waals surface area contributed by atoms with Crippen molar-refractivity contribution >= 4 is 5.82 Å². The Morgan fingerprint density at radius 2 is 1.79 bits per heavy atom. The van der Waals surface area contributed by atoms with E-state index in [0.29, 0.717) is 6.04 Å². The summed E-state index contributed by atoms with van der Waals surface area (Å²) in [4.78, 5) is 0. The van der Waals surface area contributed by atoms with Gasteiger partial charge in [-0.25, -0.2) is 0 Å². The molecule has 1 aromatic carbocycles. The van der Waals surface area contributed by atoms with Gasteiger partial charge in [0.2, 0.25) is 0 Å². The molecule has 0 aliphatic rings. The van der Waals surface area contributed by atoms with E-state index in [1.807, 2.05) is 44.2 Å². The molecule has 19 heavy (non-hydrogen) atoms. The van der Waals surface area contributed by atoms with Crippen molar-refractivity contribution in [2.75, 3.05) is 5.32 Å². The Morgan fingerprint density at radius 1 is 1.11 bits per heavy atom. The Bertz CT molecular complexity index is 514. The van der Waals surface area contributed by atoms with Crippen molar-refractivity contribution in [1.29, 1.82) is 0 Å². The van der Waals surface area contributed by atoms with Gasteiger partial charge in [0.05, 0.1) is 11.8 Å². The lowest BCUT2D eigenvalue weighted by Crippen LogP contribution is -2.09. The number of benzene rings is 1. The predicted molar refractivity (Wildman–Crippen MR) is 78.5 cm³/mol. The first-order chi connectivity index (χ1) is 9.04. The molecule has 0 amide bonds. The van der Waals surface area contributed by atoms with Crippen molar-refractivity contribution in [3.05, 3.63) is 30.3 Å². The largest absolute Gasteiger partial charge is 0.491 e. The number of anilines is 1. The minimum absolute atomic E-state index is 0.194. The van der Waals surface area contributed by atoms with Crippen LogP contribution in [0.25, 0.3) is 11.3 Å². The van der Waals surface area contributed by atoms with Crippen LogP contribution in [0.4, 0.5) is 5.82 Å². The first kappa shape index (κ1) is 13.5. The number of hydrogen-bond acceptors (Lipinski definition) is 3.